The van der Waals surface area contributed by atoms with Crippen LogP contribution in [0, 0.1) is 0 Å². The van der Waals surface area contributed by atoms with Crippen LogP contribution in [0.3, 0.4) is 0 Å². The molecular weight excluding hydrogens is 338 g/mol. The van der Waals surface area contributed by atoms with Gasteiger partial charge in [-0.15, -0.1) is 6.58 Å². The van der Waals surface area contributed by atoms with E-state index in [0.29, 0.717) is 36.8 Å². The number of imidazole rings is 1. The predicted molar refractivity (Wildman–Crippen MR) is 110 cm³/mol. The molecular formula is C22H31N3O2. The smallest absolute Gasteiger partial charge is 0.224 e. The molecule has 0 aliphatic heterocycles. The maximum absolute atomic E-state index is 12.2. The highest BCUT2D eigenvalue weighted by molar-refractivity contribution is 5.95. The summed E-state index contributed by atoms with van der Waals surface area (Å²) in [5.74, 6) is 2.26. The van der Waals surface area contributed by atoms with Crippen LogP contribution in [-0.2, 0) is 4.79 Å². The van der Waals surface area contributed by atoms with Gasteiger partial charge in [0.05, 0.1) is 23.3 Å². The Morgan fingerprint density at radius 1 is 1.37 bits per heavy atom. The van der Waals surface area contributed by atoms with Crippen LogP contribution >= 0.6 is 0 Å². The Balaban J connectivity index is 1.85. The van der Waals surface area contributed by atoms with Gasteiger partial charge >= 0.3 is 0 Å². The van der Waals surface area contributed by atoms with Gasteiger partial charge in [0, 0.05) is 18.4 Å². The van der Waals surface area contributed by atoms with Gasteiger partial charge in [0.15, 0.2) is 0 Å². The van der Waals surface area contributed by atoms with Gasteiger partial charge in [-0.05, 0) is 31.7 Å². The van der Waals surface area contributed by atoms with Crippen molar-refractivity contribution in [2.24, 2.45) is 0 Å². The van der Waals surface area contributed by atoms with E-state index in [4.69, 9.17) is 9.72 Å². The van der Waals surface area contributed by atoms with Crippen molar-refractivity contribution in [1.29, 1.82) is 0 Å². The summed E-state index contributed by atoms with van der Waals surface area (Å²) < 4.78 is 5.96. The van der Waals surface area contributed by atoms with Crippen molar-refractivity contribution < 1.29 is 9.53 Å². The van der Waals surface area contributed by atoms with E-state index in [1.165, 1.54) is 32.1 Å². The van der Waals surface area contributed by atoms with Crippen molar-refractivity contribution in [1.82, 2.24) is 9.97 Å². The van der Waals surface area contributed by atoms with Gasteiger partial charge in [0.25, 0.3) is 0 Å². The first-order valence-corrected chi connectivity index (χ1v) is 10.3. The standard InChI is InChI=1S/C22H31N3O2/c1-3-5-12-21(26)23-19-14-17-18(15-20(19)27-13-6-4-2)25-22(24-17)16-10-8-7-9-11-16/h3,14-16H,1,4-13H2,2H3,(H,23,26)(H,24,25). The summed E-state index contributed by atoms with van der Waals surface area (Å²) in [7, 11) is 0. The summed E-state index contributed by atoms with van der Waals surface area (Å²) in [6, 6.07) is 3.92. The Bertz CT molecular complexity index is 775. The summed E-state index contributed by atoms with van der Waals surface area (Å²) in [6.45, 7) is 6.45. The number of allylic oxidation sites excluding steroid dienone is 1. The highest BCUT2D eigenvalue weighted by Crippen LogP contribution is 2.35. The summed E-state index contributed by atoms with van der Waals surface area (Å²) >= 11 is 0. The highest BCUT2D eigenvalue weighted by atomic mass is 16.5. The van der Waals surface area contributed by atoms with Crippen molar-refractivity contribution in [2.45, 2.75) is 70.6 Å². The molecule has 1 aromatic heterocycles. The van der Waals surface area contributed by atoms with E-state index in [0.717, 1.165) is 29.7 Å². The van der Waals surface area contributed by atoms with Gasteiger partial charge in [0.1, 0.15) is 11.6 Å². The quantitative estimate of drug-likeness (QED) is 0.440. The van der Waals surface area contributed by atoms with Crippen LogP contribution < -0.4 is 10.1 Å². The first-order valence-electron chi connectivity index (χ1n) is 10.3. The average Bonchev–Trinajstić information content (AvgIpc) is 3.10. The van der Waals surface area contributed by atoms with E-state index in [2.05, 4.69) is 23.8 Å². The third-order valence-corrected chi connectivity index (χ3v) is 5.20. The molecule has 146 valence electrons. The molecule has 5 nitrogen and oxygen atoms in total. The molecule has 0 radical (unpaired) electrons. The zero-order chi connectivity index (χ0) is 19.1. The van der Waals surface area contributed by atoms with Crippen molar-refractivity contribution in [3.8, 4) is 5.75 Å². The molecule has 0 atom stereocenters. The van der Waals surface area contributed by atoms with Gasteiger partial charge in [-0.1, -0.05) is 38.7 Å². The number of aromatic amines is 1. The normalized spacial score (nSPS) is 15.0. The predicted octanol–water partition coefficient (Wildman–Crippen LogP) is 5.69. The third kappa shape index (κ3) is 5.12. The lowest BCUT2D eigenvalue weighted by molar-refractivity contribution is -0.116. The van der Waals surface area contributed by atoms with Crippen molar-refractivity contribution in [3.63, 3.8) is 0 Å². The lowest BCUT2D eigenvalue weighted by Gasteiger charge is -2.18. The Morgan fingerprint density at radius 3 is 2.93 bits per heavy atom. The Kier molecular flexibility index (Phi) is 6.91. The highest BCUT2D eigenvalue weighted by Gasteiger charge is 2.20. The van der Waals surface area contributed by atoms with Crippen molar-refractivity contribution in [3.05, 3.63) is 30.6 Å². The number of hydrogen-bond acceptors (Lipinski definition) is 3. The minimum atomic E-state index is -0.0300. The number of nitrogens with one attached hydrogen (secondary N) is 2. The van der Waals surface area contributed by atoms with Crippen LogP contribution in [0.1, 0.15) is 76.5 Å². The van der Waals surface area contributed by atoms with Crippen LogP contribution in [0.15, 0.2) is 24.8 Å². The number of aromatic nitrogens is 2. The molecule has 2 aromatic rings. The number of unbranched alkanes of at least 4 members (excludes halogenated alkanes) is 1. The number of H-pyrrole nitrogens is 1. The molecule has 1 fully saturated rings. The fourth-order valence-corrected chi connectivity index (χ4v) is 3.62. The topological polar surface area (TPSA) is 67.0 Å². The van der Waals surface area contributed by atoms with Crippen LogP contribution in [-0.4, -0.2) is 22.5 Å². The molecule has 0 unspecified atom stereocenters. The molecule has 1 heterocycles. The molecule has 2 N–H and O–H groups in total. The van der Waals surface area contributed by atoms with Gasteiger partial charge in [-0.2, -0.15) is 0 Å². The Labute approximate surface area is 161 Å². The molecule has 0 saturated heterocycles. The number of hydrogen-bond donors (Lipinski definition) is 2. The number of benzene rings is 1. The Morgan fingerprint density at radius 2 is 2.19 bits per heavy atom. The van der Waals surface area contributed by atoms with Gasteiger partial charge < -0.3 is 15.0 Å². The molecule has 27 heavy (non-hydrogen) atoms. The van der Waals surface area contributed by atoms with Gasteiger partial charge in [-0.25, -0.2) is 4.98 Å². The molecule has 3 rings (SSSR count). The number of ether oxygens (including phenoxy) is 1. The number of rotatable bonds is 9. The second-order valence-electron chi connectivity index (χ2n) is 7.40. The van der Waals surface area contributed by atoms with E-state index in [1.54, 1.807) is 6.08 Å². The summed E-state index contributed by atoms with van der Waals surface area (Å²) in [5, 5.41) is 2.99. The number of anilines is 1. The summed E-state index contributed by atoms with van der Waals surface area (Å²) in [6.07, 6.45) is 11.2. The fourth-order valence-electron chi connectivity index (χ4n) is 3.62. The molecule has 5 heteroatoms. The molecule has 1 aliphatic carbocycles. The lowest BCUT2D eigenvalue weighted by Crippen LogP contribution is -2.12. The fraction of sp³-hybridized carbons (Fsp3) is 0.545. The molecule has 0 spiro atoms. The largest absolute Gasteiger partial charge is 0.491 e. The zero-order valence-electron chi connectivity index (χ0n) is 16.4. The van der Waals surface area contributed by atoms with Gasteiger partial charge in [-0.3, -0.25) is 4.79 Å². The molecule has 0 bridgehead atoms. The number of carbonyl (C=O) groups excluding carboxylic acids is 1. The summed E-state index contributed by atoms with van der Waals surface area (Å²) in [5.41, 5.74) is 2.57. The number of carbonyl (C=O) groups is 1. The number of fused-ring (bicyclic) bond motifs is 1. The number of amides is 1. The van der Waals surface area contributed by atoms with Gasteiger partial charge in [0.2, 0.25) is 5.91 Å². The minimum absolute atomic E-state index is 0.0300. The van der Waals surface area contributed by atoms with Crippen LogP contribution in [0.2, 0.25) is 0 Å². The van der Waals surface area contributed by atoms with E-state index in [-0.39, 0.29) is 5.91 Å². The van der Waals surface area contributed by atoms with Crippen LogP contribution in [0.25, 0.3) is 11.0 Å². The molecule has 1 aliphatic rings. The minimum Gasteiger partial charge on any atom is -0.491 e. The third-order valence-electron chi connectivity index (χ3n) is 5.20. The second-order valence-corrected chi connectivity index (χ2v) is 7.40. The molecule has 1 amide bonds. The maximum atomic E-state index is 12.2. The first kappa shape index (κ1) is 19.5. The van der Waals surface area contributed by atoms with Crippen LogP contribution in [0.4, 0.5) is 5.69 Å². The maximum Gasteiger partial charge on any atom is 0.224 e. The summed E-state index contributed by atoms with van der Waals surface area (Å²) in [4.78, 5) is 20.5. The zero-order valence-corrected chi connectivity index (χ0v) is 16.4. The van der Waals surface area contributed by atoms with E-state index >= 15 is 0 Å². The van der Waals surface area contributed by atoms with E-state index < -0.39 is 0 Å². The SMILES string of the molecule is C=CCCC(=O)Nc1cc2nc(C3CCCCC3)[nH]c2cc1OCCCC. The van der Waals surface area contributed by atoms with E-state index in [9.17, 15) is 4.79 Å². The van der Waals surface area contributed by atoms with Crippen molar-refractivity contribution in [2.75, 3.05) is 11.9 Å². The molecule has 1 aromatic carbocycles. The second kappa shape index (κ2) is 9.58. The van der Waals surface area contributed by atoms with Crippen LogP contribution in [0.5, 0.6) is 5.75 Å². The first-order chi connectivity index (χ1) is 13.2. The average molecular weight is 370 g/mol. The van der Waals surface area contributed by atoms with Crippen molar-refractivity contribution >= 4 is 22.6 Å². The molecule has 1 saturated carbocycles. The lowest BCUT2D eigenvalue weighted by atomic mass is 9.89. The van der Waals surface area contributed by atoms with E-state index in [1.807, 2.05) is 12.1 Å². The Hall–Kier alpha value is -2.30. The monoisotopic (exact) mass is 369 g/mol. The number of nitrogens with zero attached hydrogens (tertiary/aromatic N) is 1.